The van der Waals surface area contributed by atoms with Gasteiger partial charge in [0, 0.05) is 6.20 Å². The minimum atomic E-state index is -0.809. The van der Waals surface area contributed by atoms with E-state index in [0.717, 1.165) is 6.20 Å². The summed E-state index contributed by atoms with van der Waals surface area (Å²) in [6, 6.07) is 1.89. The van der Waals surface area contributed by atoms with Crippen molar-refractivity contribution in [2.24, 2.45) is 0 Å². The Morgan fingerprint density at radius 1 is 1.40 bits per heavy atom. The van der Waals surface area contributed by atoms with Crippen molar-refractivity contribution in [2.75, 3.05) is 18.5 Å². The Bertz CT molecular complexity index is 536. The fraction of sp³-hybridized carbons (Fsp3) is 0.333. The molecular formula is C12H14N4O4. The normalized spacial score (nSPS) is 9.25. The van der Waals surface area contributed by atoms with E-state index in [2.05, 4.69) is 15.5 Å². The summed E-state index contributed by atoms with van der Waals surface area (Å²) >= 11 is 0. The van der Waals surface area contributed by atoms with Crippen molar-refractivity contribution >= 4 is 17.8 Å². The van der Waals surface area contributed by atoms with Gasteiger partial charge in [-0.15, -0.1) is 0 Å². The molecule has 0 fully saturated rings. The van der Waals surface area contributed by atoms with Gasteiger partial charge in [-0.25, -0.2) is 9.59 Å². The lowest BCUT2D eigenvalue weighted by atomic mass is 10.3. The number of hydrogen-bond donors (Lipinski definition) is 2. The quantitative estimate of drug-likeness (QED) is 0.340. The first-order valence-corrected chi connectivity index (χ1v) is 5.88. The monoisotopic (exact) mass is 278 g/mol. The van der Waals surface area contributed by atoms with Crippen LogP contribution >= 0.6 is 0 Å². The van der Waals surface area contributed by atoms with Gasteiger partial charge in [0.25, 0.3) is 0 Å². The number of nitriles is 1. The molecule has 0 saturated carbocycles. The molecule has 1 aromatic rings. The van der Waals surface area contributed by atoms with E-state index in [1.807, 2.05) is 6.07 Å². The Morgan fingerprint density at radius 2 is 2.00 bits per heavy atom. The maximum Gasteiger partial charge on any atom is 0.347 e. The van der Waals surface area contributed by atoms with Gasteiger partial charge in [0.05, 0.1) is 19.4 Å². The fourth-order valence-corrected chi connectivity index (χ4v) is 1.24. The van der Waals surface area contributed by atoms with E-state index in [0.29, 0.717) is 0 Å². The summed E-state index contributed by atoms with van der Waals surface area (Å²) in [5.74, 6) is -1.36. The first-order chi connectivity index (χ1) is 9.63. The highest BCUT2D eigenvalue weighted by Gasteiger charge is 2.21. The van der Waals surface area contributed by atoms with E-state index in [4.69, 9.17) is 14.7 Å². The van der Waals surface area contributed by atoms with Crippen LogP contribution in [0.5, 0.6) is 0 Å². The average molecular weight is 278 g/mol. The van der Waals surface area contributed by atoms with Crippen LogP contribution in [0, 0.1) is 11.3 Å². The summed E-state index contributed by atoms with van der Waals surface area (Å²) in [5, 5.41) is 17.6. The second kappa shape index (κ2) is 7.58. The molecule has 1 rings (SSSR count). The number of ether oxygens (including phenoxy) is 2. The molecule has 0 radical (unpaired) electrons. The Hall–Kier alpha value is -2.82. The predicted octanol–water partition coefficient (Wildman–Crippen LogP) is 0.703. The molecule has 0 aromatic carbocycles. The molecule has 0 aliphatic carbocycles. The number of H-pyrrole nitrogens is 1. The van der Waals surface area contributed by atoms with Crippen LogP contribution in [0.15, 0.2) is 18.0 Å². The highest BCUT2D eigenvalue weighted by molar-refractivity contribution is 6.14. The number of hydrogen-bond acceptors (Lipinski definition) is 7. The van der Waals surface area contributed by atoms with Crippen molar-refractivity contribution in [3.63, 3.8) is 0 Å². The molecule has 8 heteroatoms. The molecule has 106 valence electrons. The summed E-state index contributed by atoms with van der Waals surface area (Å²) in [6.45, 7) is 3.50. The van der Waals surface area contributed by atoms with Crippen molar-refractivity contribution in [3.05, 3.63) is 23.5 Å². The number of carbonyl (C=O) groups is 2. The number of carbonyl (C=O) groups excluding carboxylic acids is 2. The Kier molecular flexibility index (Phi) is 5.77. The van der Waals surface area contributed by atoms with Crippen molar-refractivity contribution < 1.29 is 19.1 Å². The molecule has 0 aliphatic heterocycles. The first kappa shape index (κ1) is 15.2. The van der Waals surface area contributed by atoms with Crippen molar-refractivity contribution in [1.82, 2.24) is 10.2 Å². The average Bonchev–Trinajstić information content (AvgIpc) is 2.87. The summed E-state index contributed by atoms with van der Waals surface area (Å²) in [5.41, 5.74) is -0.0551. The number of esters is 2. The van der Waals surface area contributed by atoms with Crippen LogP contribution in [0.2, 0.25) is 0 Å². The van der Waals surface area contributed by atoms with Gasteiger partial charge in [0.15, 0.2) is 5.57 Å². The molecule has 0 saturated heterocycles. The van der Waals surface area contributed by atoms with Gasteiger partial charge < -0.3 is 14.8 Å². The SMILES string of the molecule is CCOC(=O)C(=CNc1[nH]ncc1C#N)C(=O)OCC. The number of rotatable bonds is 6. The van der Waals surface area contributed by atoms with Crippen LogP contribution in [0.25, 0.3) is 0 Å². The minimum Gasteiger partial charge on any atom is -0.462 e. The Labute approximate surface area is 115 Å². The third-order valence-electron chi connectivity index (χ3n) is 2.11. The number of aromatic amines is 1. The second-order valence-corrected chi connectivity index (χ2v) is 3.41. The van der Waals surface area contributed by atoms with Crippen molar-refractivity contribution in [1.29, 1.82) is 5.26 Å². The van der Waals surface area contributed by atoms with Gasteiger partial charge in [-0.05, 0) is 13.8 Å². The summed E-state index contributed by atoms with van der Waals surface area (Å²) in [4.78, 5) is 23.3. The van der Waals surface area contributed by atoms with Crippen molar-refractivity contribution in [3.8, 4) is 6.07 Å². The molecule has 0 spiro atoms. The van der Waals surface area contributed by atoms with E-state index in [1.165, 1.54) is 6.20 Å². The lowest BCUT2D eigenvalue weighted by Crippen LogP contribution is -2.19. The zero-order chi connectivity index (χ0) is 15.0. The van der Waals surface area contributed by atoms with E-state index >= 15 is 0 Å². The molecule has 0 atom stereocenters. The smallest absolute Gasteiger partial charge is 0.347 e. The van der Waals surface area contributed by atoms with E-state index in [-0.39, 0.29) is 30.2 Å². The molecule has 0 aliphatic rings. The summed E-state index contributed by atoms with van der Waals surface area (Å²) in [6.07, 6.45) is 2.43. The molecule has 1 aromatic heterocycles. The number of aromatic nitrogens is 2. The molecule has 0 unspecified atom stereocenters. The van der Waals surface area contributed by atoms with Gasteiger partial charge >= 0.3 is 11.9 Å². The summed E-state index contributed by atoms with van der Waals surface area (Å²) in [7, 11) is 0. The largest absolute Gasteiger partial charge is 0.462 e. The number of nitrogens with zero attached hydrogens (tertiary/aromatic N) is 2. The highest BCUT2D eigenvalue weighted by Crippen LogP contribution is 2.10. The molecule has 0 bridgehead atoms. The van der Waals surface area contributed by atoms with Crippen LogP contribution in [0.1, 0.15) is 19.4 Å². The zero-order valence-corrected chi connectivity index (χ0v) is 11.1. The topological polar surface area (TPSA) is 117 Å². The fourth-order valence-electron chi connectivity index (χ4n) is 1.24. The van der Waals surface area contributed by atoms with Crippen LogP contribution in [0.3, 0.4) is 0 Å². The predicted molar refractivity (Wildman–Crippen MR) is 68.3 cm³/mol. The maximum absolute atomic E-state index is 11.7. The van der Waals surface area contributed by atoms with E-state index in [1.54, 1.807) is 13.8 Å². The highest BCUT2D eigenvalue weighted by atomic mass is 16.6. The van der Waals surface area contributed by atoms with Crippen molar-refractivity contribution in [2.45, 2.75) is 13.8 Å². The molecular weight excluding hydrogens is 264 g/mol. The standard InChI is InChI=1S/C12H14N4O4/c1-3-19-11(17)9(12(18)20-4-2)7-14-10-8(5-13)6-15-16-10/h6-7H,3-4H2,1-2H3,(H2,14,15,16). The molecule has 20 heavy (non-hydrogen) atoms. The zero-order valence-electron chi connectivity index (χ0n) is 11.1. The third kappa shape index (κ3) is 3.84. The minimum absolute atomic E-state index is 0.128. The van der Waals surface area contributed by atoms with Gasteiger partial charge in [0.1, 0.15) is 17.5 Å². The van der Waals surface area contributed by atoms with Crippen LogP contribution < -0.4 is 5.32 Å². The van der Waals surface area contributed by atoms with Gasteiger partial charge in [0.2, 0.25) is 0 Å². The van der Waals surface area contributed by atoms with Crippen LogP contribution in [-0.2, 0) is 19.1 Å². The Morgan fingerprint density at radius 3 is 2.50 bits per heavy atom. The first-order valence-electron chi connectivity index (χ1n) is 5.88. The molecule has 1 heterocycles. The molecule has 2 N–H and O–H groups in total. The number of nitrogens with one attached hydrogen (secondary N) is 2. The Balaban J connectivity index is 2.93. The van der Waals surface area contributed by atoms with Crippen LogP contribution in [-0.4, -0.2) is 35.3 Å². The van der Waals surface area contributed by atoms with E-state index < -0.39 is 11.9 Å². The van der Waals surface area contributed by atoms with Gasteiger partial charge in [-0.3, -0.25) is 5.10 Å². The van der Waals surface area contributed by atoms with Crippen LogP contribution in [0.4, 0.5) is 5.82 Å². The summed E-state index contributed by atoms with van der Waals surface area (Å²) < 4.78 is 9.52. The molecule has 8 nitrogen and oxygen atoms in total. The van der Waals surface area contributed by atoms with E-state index in [9.17, 15) is 9.59 Å². The maximum atomic E-state index is 11.7. The number of anilines is 1. The lowest BCUT2D eigenvalue weighted by molar-refractivity contribution is -0.146. The van der Waals surface area contributed by atoms with Gasteiger partial charge in [-0.1, -0.05) is 0 Å². The molecule has 0 amide bonds. The lowest BCUT2D eigenvalue weighted by Gasteiger charge is -2.06. The second-order valence-electron chi connectivity index (χ2n) is 3.41. The van der Waals surface area contributed by atoms with Gasteiger partial charge in [-0.2, -0.15) is 10.4 Å². The third-order valence-corrected chi connectivity index (χ3v) is 2.11.